The third kappa shape index (κ3) is 5.30. The average Bonchev–Trinajstić information content (AvgIpc) is 2.90. The largest absolute Gasteiger partial charge is 0.484 e. The number of aliphatic hydroxyl groups is 1. The molecule has 0 bridgehead atoms. The van der Waals surface area contributed by atoms with E-state index in [-0.39, 0.29) is 11.7 Å². The monoisotopic (exact) mass is 346 g/mol. The second-order valence-electron chi connectivity index (χ2n) is 5.93. The molecule has 0 saturated heterocycles. The summed E-state index contributed by atoms with van der Waals surface area (Å²) in [6.45, 7) is 0.543. The molecule has 0 aromatic heterocycles. The number of ether oxygens (including phenoxy) is 1. The lowest BCUT2D eigenvalue weighted by Crippen LogP contribution is -2.35. The van der Waals surface area contributed by atoms with Crippen LogP contribution in [0.4, 0.5) is 23.7 Å². The molecule has 8 heteroatoms. The number of nitrogens with one attached hydrogen (secondary N) is 2. The Labute approximate surface area is 138 Å². The number of carbonyl (C=O) groups excluding carboxylic acids is 1. The van der Waals surface area contributed by atoms with Gasteiger partial charge in [-0.15, -0.1) is 0 Å². The topological polar surface area (TPSA) is 70.6 Å². The van der Waals surface area contributed by atoms with E-state index in [1.807, 2.05) is 0 Å². The number of amides is 2. The number of rotatable bonds is 5. The summed E-state index contributed by atoms with van der Waals surface area (Å²) in [6, 6.07) is 4.04. The Morgan fingerprint density at radius 3 is 2.75 bits per heavy atom. The number of anilines is 1. The first-order valence-electron chi connectivity index (χ1n) is 7.78. The molecule has 2 atom stereocenters. The normalized spacial score (nSPS) is 20.7. The number of urea groups is 1. The zero-order chi connectivity index (χ0) is 17.7. The van der Waals surface area contributed by atoms with Crippen molar-refractivity contribution < 1.29 is 27.8 Å². The molecule has 0 radical (unpaired) electrons. The zero-order valence-electron chi connectivity index (χ0n) is 13.3. The molecule has 1 aromatic carbocycles. The van der Waals surface area contributed by atoms with Gasteiger partial charge < -0.3 is 20.5 Å². The van der Waals surface area contributed by atoms with Gasteiger partial charge in [-0.05, 0) is 31.9 Å². The van der Waals surface area contributed by atoms with Gasteiger partial charge in [0.05, 0.1) is 6.10 Å². The fourth-order valence-corrected chi connectivity index (χ4v) is 2.71. The van der Waals surface area contributed by atoms with Gasteiger partial charge in [0.1, 0.15) is 5.75 Å². The van der Waals surface area contributed by atoms with Crippen LogP contribution in [-0.4, -0.2) is 36.6 Å². The summed E-state index contributed by atoms with van der Waals surface area (Å²) in [6.07, 6.45) is -2.28. The minimum atomic E-state index is -4.42. The van der Waals surface area contributed by atoms with Crippen LogP contribution in [0.2, 0.25) is 0 Å². The molecule has 0 spiro atoms. The summed E-state index contributed by atoms with van der Waals surface area (Å²) < 4.78 is 41.5. The van der Waals surface area contributed by atoms with Crippen LogP contribution in [-0.2, 0) is 0 Å². The average molecular weight is 346 g/mol. The number of hydrogen-bond acceptors (Lipinski definition) is 3. The molecule has 134 valence electrons. The van der Waals surface area contributed by atoms with Crippen molar-refractivity contribution >= 4 is 11.7 Å². The first-order valence-corrected chi connectivity index (χ1v) is 7.78. The molecule has 1 aliphatic carbocycles. The fraction of sp³-hybridized carbons (Fsp3) is 0.562. The van der Waals surface area contributed by atoms with Crippen LogP contribution in [0.1, 0.15) is 24.8 Å². The summed E-state index contributed by atoms with van der Waals surface area (Å²) in [5.41, 5.74) is 0.789. The summed E-state index contributed by atoms with van der Waals surface area (Å²) in [7, 11) is 0. The third-order valence-electron chi connectivity index (χ3n) is 4.07. The number of carbonyl (C=O) groups is 1. The van der Waals surface area contributed by atoms with Crippen molar-refractivity contribution in [3.8, 4) is 5.75 Å². The maximum absolute atomic E-state index is 12.2. The molecule has 0 heterocycles. The Kier molecular flexibility index (Phi) is 5.93. The highest BCUT2D eigenvalue weighted by atomic mass is 19.4. The van der Waals surface area contributed by atoms with Crippen LogP contribution in [0.3, 0.4) is 0 Å². The lowest BCUT2D eigenvalue weighted by molar-refractivity contribution is -0.153. The van der Waals surface area contributed by atoms with Gasteiger partial charge in [0.25, 0.3) is 0 Å². The molecule has 2 amide bonds. The number of benzene rings is 1. The number of aliphatic hydroxyl groups excluding tert-OH is 1. The molecule has 1 saturated carbocycles. The van der Waals surface area contributed by atoms with Crippen LogP contribution in [0.5, 0.6) is 5.75 Å². The van der Waals surface area contributed by atoms with Crippen molar-refractivity contribution in [2.45, 2.75) is 38.5 Å². The first-order chi connectivity index (χ1) is 11.3. The molecular weight excluding hydrogens is 325 g/mol. The molecule has 1 fully saturated rings. The quantitative estimate of drug-likeness (QED) is 0.767. The van der Waals surface area contributed by atoms with Gasteiger partial charge in [-0.2, -0.15) is 13.2 Å². The first kappa shape index (κ1) is 18.4. The van der Waals surface area contributed by atoms with E-state index in [0.29, 0.717) is 17.8 Å². The summed E-state index contributed by atoms with van der Waals surface area (Å²) in [5, 5.41) is 15.0. The number of alkyl halides is 3. The third-order valence-corrected chi connectivity index (χ3v) is 4.07. The number of hydrogen-bond donors (Lipinski definition) is 3. The summed E-state index contributed by atoms with van der Waals surface area (Å²) in [4.78, 5) is 11.9. The van der Waals surface area contributed by atoms with Crippen molar-refractivity contribution in [2.24, 2.45) is 5.92 Å². The molecule has 1 aromatic rings. The van der Waals surface area contributed by atoms with Crippen LogP contribution < -0.4 is 15.4 Å². The van der Waals surface area contributed by atoms with E-state index in [2.05, 4.69) is 10.6 Å². The smallest absolute Gasteiger partial charge is 0.422 e. The van der Waals surface area contributed by atoms with Crippen LogP contribution in [0.25, 0.3) is 0 Å². The fourth-order valence-electron chi connectivity index (χ4n) is 2.71. The lowest BCUT2D eigenvalue weighted by atomic mass is 10.1. The maximum Gasteiger partial charge on any atom is 0.422 e. The van der Waals surface area contributed by atoms with Crippen LogP contribution in [0, 0.1) is 12.8 Å². The number of halogens is 3. The predicted molar refractivity (Wildman–Crippen MR) is 83.1 cm³/mol. The van der Waals surface area contributed by atoms with E-state index in [0.717, 1.165) is 19.3 Å². The van der Waals surface area contributed by atoms with Gasteiger partial charge in [0.15, 0.2) is 6.61 Å². The van der Waals surface area contributed by atoms with Gasteiger partial charge in [0, 0.05) is 23.7 Å². The van der Waals surface area contributed by atoms with E-state index in [1.165, 1.54) is 12.1 Å². The van der Waals surface area contributed by atoms with E-state index < -0.39 is 24.9 Å². The lowest BCUT2D eigenvalue weighted by Gasteiger charge is -2.17. The molecule has 24 heavy (non-hydrogen) atoms. The highest BCUT2D eigenvalue weighted by molar-refractivity contribution is 5.90. The van der Waals surface area contributed by atoms with Gasteiger partial charge >= 0.3 is 12.2 Å². The SMILES string of the molecule is Cc1c(NC(=O)NC[C@H]2CCC[C@H]2O)cccc1OCC(F)(F)F. The summed E-state index contributed by atoms with van der Waals surface area (Å²) in [5.74, 6) is 0.106. The Bertz CT molecular complexity index is 578. The second-order valence-corrected chi connectivity index (χ2v) is 5.93. The predicted octanol–water partition coefficient (Wildman–Crippen LogP) is 3.22. The van der Waals surface area contributed by atoms with Gasteiger partial charge in [-0.1, -0.05) is 12.5 Å². The van der Waals surface area contributed by atoms with Crippen molar-refractivity contribution in [3.05, 3.63) is 23.8 Å². The van der Waals surface area contributed by atoms with E-state index in [4.69, 9.17) is 4.74 Å². The Balaban J connectivity index is 1.90. The Hall–Kier alpha value is -1.96. The Morgan fingerprint density at radius 1 is 1.38 bits per heavy atom. The molecular formula is C16H21F3N2O3. The van der Waals surface area contributed by atoms with Crippen LogP contribution in [0.15, 0.2) is 18.2 Å². The standard InChI is InChI=1S/C16H21F3N2O3/c1-10-12(5-3-7-14(10)24-9-16(17,18)19)21-15(23)20-8-11-4-2-6-13(11)22/h3,5,7,11,13,22H,2,4,6,8-9H2,1H3,(H2,20,21,23)/t11-,13-/m1/s1. The maximum atomic E-state index is 12.2. The van der Waals surface area contributed by atoms with Crippen LogP contribution >= 0.6 is 0 Å². The van der Waals surface area contributed by atoms with Crippen molar-refractivity contribution in [1.29, 1.82) is 0 Å². The summed E-state index contributed by atoms with van der Waals surface area (Å²) >= 11 is 0. The molecule has 2 rings (SSSR count). The molecule has 1 aliphatic rings. The van der Waals surface area contributed by atoms with E-state index in [1.54, 1.807) is 13.0 Å². The molecule has 5 nitrogen and oxygen atoms in total. The van der Waals surface area contributed by atoms with E-state index >= 15 is 0 Å². The van der Waals surface area contributed by atoms with Crippen molar-refractivity contribution in [3.63, 3.8) is 0 Å². The minimum Gasteiger partial charge on any atom is -0.484 e. The van der Waals surface area contributed by atoms with E-state index in [9.17, 15) is 23.1 Å². The Morgan fingerprint density at radius 2 is 2.12 bits per heavy atom. The highest BCUT2D eigenvalue weighted by Crippen LogP contribution is 2.27. The van der Waals surface area contributed by atoms with Gasteiger partial charge in [-0.25, -0.2) is 4.79 Å². The molecule has 0 aliphatic heterocycles. The van der Waals surface area contributed by atoms with Gasteiger partial charge in [0.2, 0.25) is 0 Å². The zero-order valence-corrected chi connectivity index (χ0v) is 13.3. The molecule has 3 N–H and O–H groups in total. The highest BCUT2D eigenvalue weighted by Gasteiger charge is 2.29. The minimum absolute atomic E-state index is 0.0401. The van der Waals surface area contributed by atoms with Crippen molar-refractivity contribution in [1.82, 2.24) is 5.32 Å². The van der Waals surface area contributed by atoms with Crippen molar-refractivity contribution in [2.75, 3.05) is 18.5 Å². The van der Waals surface area contributed by atoms with Gasteiger partial charge in [-0.3, -0.25) is 0 Å². The molecule has 0 unspecified atom stereocenters. The second kappa shape index (κ2) is 7.74.